The third-order valence-corrected chi connectivity index (χ3v) is 7.53. The molecular formula is C28H42N4O6S2. The quantitative estimate of drug-likeness (QED) is 0.172. The summed E-state index contributed by atoms with van der Waals surface area (Å²) in [6.07, 6.45) is 6.44. The standard InChI is InChI=1S/C14H30N4.C14H12O6S2/c1-5-9-13(15-7-3)17-11-12-18-14(10-6-2)16-8-4;15-14(16)10-22(18,19)13-8-6-11(7-9-13)20-21(17)12-4-2-1-3-5-12/h9-10,15-18H,5-8,11-12H2,1-4H3;1-9H,10H2,(H,15,16)/b13-9+,14-10+;. The average Bonchev–Trinajstić information content (AvgIpc) is 2.92. The van der Waals surface area contributed by atoms with Crippen LogP contribution in [0.4, 0.5) is 0 Å². The molecule has 5 N–H and O–H groups in total. The number of hydrogen-bond donors (Lipinski definition) is 5. The van der Waals surface area contributed by atoms with Gasteiger partial charge in [-0.3, -0.25) is 4.79 Å². The second kappa shape index (κ2) is 19.5. The van der Waals surface area contributed by atoms with E-state index in [4.69, 9.17) is 9.29 Å². The van der Waals surface area contributed by atoms with Crippen LogP contribution in [0.2, 0.25) is 0 Å². The van der Waals surface area contributed by atoms with E-state index in [1.54, 1.807) is 30.3 Å². The molecule has 40 heavy (non-hydrogen) atoms. The summed E-state index contributed by atoms with van der Waals surface area (Å²) < 4.78 is 40.6. The van der Waals surface area contributed by atoms with Crippen LogP contribution in [-0.4, -0.2) is 55.6 Å². The Hall–Kier alpha value is -3.51. The molecule has 0 saturated heterocycles. The first-order chi connectivity index (χ1) is 19.2. The van der Waals surface area contributed by atoms with Crippen molar-refractivity contribution in [3.8, 4) is 5.75 Å². The largest absolute Gasteiger partial charge is 0.480 e. The first-order valence-electron chi connectivity index (χ1n) is 13.2. The lowest BCUT2D eigenvalue weighted by molar-refractivity contribution is -0.134. The highest BCUT2D eigenvalue weighted by Crippen LogP contribution is 2.19. The van der Waals surface area contributed by atoms with Crippen molar-refractivity contribution in [2.24, 2.45) is 0 Å². The molecule has 2 aromatic carbocycles. The number of sulfone groups is 1. The highest BCUT2D eigenvalue weighted by atomic mass is 32.2. The minimum Gasteiger partial charge on any atom is -0.480 e. The minimum absolute atomic E-state index is 0.132. The summed E-state index contributed by atoms with van der Waals surface area (Å²) in [4.78, 5) is 10.9. The number of nitrogens with one attached hydrogen (secondary N) is 4. The van der Waals surface area contributed by atoms with Crippen molar-refractivity contribution < 1.29 is 26.7 Å². The highest BCUT2D eigenvalue weighted by molar-refractivity contribution is 7.92. The number of carboxylic acids is 1. The maximum Gasteiger partial charge on any atom is 0.319 e. The Bertz CT molecular complexity index is 1180. The van der Waals surface area contributed by atoms with Crippen LogP contribution >= 0.6 is 0 Å². The SMILES string of the molecule is CC/C=C(\NCC)NCCN/C(=C/CC)NCC.O=C(O)CS(=O)(=O)c1ccc(OS(=O)c2ccccc2)cc1. The molecule has 0 aliphatic heterocycles. The summed E-state index contributed by atoms with van der Waals surface area (Å²) >= 11 is -1.71. The molecule has 10 nitrogen and oxygen atoms in total. The molecule has 0 aliphatic rings. The molecule has 0 amide bonds. The summed E-state index contributed by atoms with van der Waals surface area (Å²) in [5.41, 5.74) is 0. The number of rotatable bonds is 17. The summed E-state index contributed by atoms with van der Waals surface area (Å²) in [6.45, 7) is 12.2. The summed E-state index contributed by atoms with van der Waals surface area (Å²) in [6, 6.07) is 13.6. The van der Waals surface area contributed by atoms with E-state index in [-0.39, 0.29) is 10.6 Å². The lowest BCUT2D eigenvalue weighted by Crippen LogP contribution is -2.35. The number of carboxylic acid groups (broad SMARTS) is 1. The van der Waals surface area contributed by atoms with Crippen LogP contribution < -0.4 is 25.5 Å². The molecule has 2 rings (SSSR count). The fourth-order valence-electron chi connectivity index (χ4n) is 3.21. The predicted molar refractivity (Wildman–Crippen MR) is 160 cm³/mol. The molecule has 0 saturated carbocycles. The first kappa shape index (κ1) is 34.5. The molecule has 0 heterocycles. The molecule has 222 valence electrons. The number of hydrogen-bond acceptors (Lipinski definition) is 9. The predicted octanol–water partition coefficient (Wildman–Crippen LogP) is 3.53. The Kier molecular flexibility index (Phi) is 16.9. The molecule has 12 heteroatoms. The van der Waals surface area contributed by atoms with Crippen molar-refractivity contribution in [1.82, 2.24) is 21.3 Å². The number of benzene rings is 2. The zero-order chi connectivity index (χ0) is 29.8. The van der Waals surface area contributed by atoms with Crippen LogP contribution in [0.1, 0.15) is 40.5 Å². The van der Waals surface area contributed by atoms with Crippen molar-refractivity contribution in [2.45, 2.75) is 50.3 Å². The molecule has 0 aromatic heterocycles. The van der Waals surface area contributed by atoms with Crippen LogP contribution in [0.5, 0.6) is 5.75 Å². The van der Waals surface area contributed by atoms with Gasteiger partial charge < -0.3 is 30.6 Å². The minimum atomic E-state index is -3.89. The third kappa shape index (κ3) is 14.0. The molecule has 1 atom stereocenters. The van der Waals surface area contributed by atoms with Gasteiger partial charge in [0.2, 0.25) is 11.1 Å². The van der Waals surface area contributed by atoms with Crippen molar-refractivity contribution >= 4 is 26.9 Å². The maximum atomic E-state index is 11.9. The monoisotopic (exact) mass is 594 g/mol. The van der Waals surface area contributed by atoms with Crippen LogP contribution in [0.3, 0.4) is 0 Å². The Morgan fingerprint density at radius 2 is 1.32 bits per heavy atom. The van der Waals surface area contributed by atoms with Crippen LogP contribution in [0, 0.1) is 0 Å². The Balaban J connectivity index is 0.000000410. The van der Waals surface area contributed by atoms with E-state index in [1.807, 2.05) is 0 Å². The van der Waals surface area contributed by atoms with E-state index in [1.165, 1.54) is 24.3 Å². The van der Waals surface area contributed by atoms with Gasteiger partial charge in [-0.1, -0.05) is 32.0 Å². The van der Waals surface area contributed by atoms with Gasteiger partial charge in [-0.2, -0.15) is 0 Å². The van der Waals surface area contributed by atoms with E-state index in [2.05, 4.69) is 61.1 Å². The van der Waals surface area contributed by atoms with Gasteiger partial charge in [0.25, 0.3) is 0 Å². The van der Waals surface area contributed by atoms with Crippen LogP contribution in [-0.2, 0) is 25.7 Å². The average molecular weight is 595 g/mol. The zero-order valence-electron chi connectivity index (χ0n) is 23.6. The van der Waals surface area contributed by atoms with Crippen molar-refractivity contribution in [2.75, 3.05) is 31.9 Å². The summed E-state index contributed by atoms with van der Waals surface area (Å²) in [5, 5.41) is 22.0. The van der Waals surface area contributed by atoms with E-state index in [0.717, 1.165) is 50.7 Å². The second-order valence-corrected chi connectivity index (χ2v) is 11.3. The molecular weight excluding hydrogens is 552 g/mol. The fraction of sp³-hybridized carbons (Fsp3) is 0.393. The normalized spacial score (nSPS) is 12.4. The van der Waals surface area contributed by atoms with Gasteiger partial charge >= 0.3 is 5.97 Å². The van der Waals surface area contributed by atoms with Gasteiger partial charge in [0.05, 0.1) is 21.4 Å². The summed E-state index contributed by atoms with van der Waals surface area (Å²) in [5.74, 6) is 0.0721. The van der Waals surface area contributed by atoms with Crippen molar-refractivity contribution in [1.29, 1.82) is 0 Å². The van der Waals surface area contributed by atoms with Gasteiger partial charge in [-0.05, 0) is 75.2 Å². The zero-order valence-corrected chi connectivity index (χ0v) is 25.2. The second-order valence-electron chi connectivity index (χ2n) is 8.22. The lowest BCUT2D eigenvalue weighted by Gasteiger charge is -2.15. The molecule has 0 bridgehead atoms. The number of carbonyl (C=O) groups is 1. The lowest BCUT2D eigenvalue weighted by atomic mass is 10.3. The van der Waals surface area contributed by atoms with Crippen LogP contribution in [0.25, 0.3) is 0 Å². The van der Waals surface area contributed by atoms with Crippen molar-refractivity contribution in [3.63, 3.8) is 0 Å². The van der Waals surface area contributed by atoms with E-state index >= 15 is 0 Å². The van der Waals surface area contributed by atoms with Gasteiger partial charge in [-0.15, -0.1) is 0 Å². The van der Waals surface area contributed by atoms with Gasteiger partial charge in [0, 0.05) is 26.2 Å². The number of aliphatic carboxylic acids is 1. The Morgan fingerprint density at radius 3 is 1.75 bits per heavy atom. The first-order valence-corrected chi connectivity index (χ1v) is 15.9. The molecule has 0 radical (unpaired) electrons. The van der Waals surface area contributed by atoms with E-state index in [9.17, 15) is 17.4 Å². The van der Waals surface area contributed by atoms with Gasteiger partial charge in [0.15, 0.2) is 15.6 Å². The Labute approximate surface area is 240 Å². The van der Waals surface area contributed by atoms with Crippen LogP contribution in [0.15, 0.2) is 88.2 Å². The highest BCUT2D eigenvalue weighted by Gasteiger charge is 2.19. The van der Waals surface area contributed by atoms with E-state index in [0.29, 0.717) is 4.90 Å². The van der Waals surface area contributed by atoms with Gasteiger partial charge in [0.1, 0.15) is 5.75 Å². The van der Waals surface area contributed by atoms with E-state index < -0.39 is 32.6 Å². The van der Waals surface area contributed by atoms with Crippen molar-refractivity contribution in [3.05, 3.63) is 78.4 Å². The van der Waals surface area contributed by atoms with Gasteiger partial charge in [-0.25, -0.2) is 12.6 Å². The topological polar surface area (TPSA) is 146 Å². The summed E-state index contributed by atoms with van der Waals surface area (Å²) in [7, 11) is -3.89. The third-order valence-electron chi connectivity index (χ3n) is 4.91. The molecule has 2 aromatic rings. The molecule has 1 unspecified atom stereocenters. The molecule has 0 spiro atoms. The molecule has 0 aliphatic carbocycles. The smallest absolute Gasteiger partial charge is 0.319 e. The fourth-order valence-corrected chi connectivity index (χ4v) is 5.02. The molecule has 0 fully saturated rings. The Morgan fingerprint density at radius 1 is 0.825 bits per heavy atom. The number of allylic oxidation sites excluding steroid dienone is 2. The maximum absolute atomic E-state index is 11.9.